The lowest BCUT2D eigenvalue weighted by Crippen LogP contribution is -1.96. The maximum atomic E-state index is 5.33. The molecule has 2 aromatic rings. The van der Waals surface area contributed by atoms with Crippen LogP contribution in [0, 0.1) is 5.92 Å². The predicted octanol–water partition coefficient (Wildman–Crippen LogP) is 2.55. The van der Waals surface area contributed by atoms with Crippen molar-refractivity contribution in [1.82, 2.24) is 19.9 Å². The first kappa shape index (κ1) is 11.4. The minimum absolute atomic E-state index is 0.402. The first-order chi connectivity index (χ1) is 8.63. The predicted molar refractivity (Wildman–Crippen MR) is 67.0 cm³/mol. The molecule has 0 N–H and O–H groups in total. The zero-order chi connectivity index (χ0) is 12.7. The van der Waals surface area contributed by atoms with Crippen LogP contribution in [0.3, 0.4) is 0 Å². The van der Waals surface area contributed by atoms with Crippen molar-refractivity contribution in [3.63, 3.8) is 0 Å². The molecule has 1 saturated carbocycles. The molecule has 0 saturated heterocycles. The highest BCUT2D eigenvalue weighted by atomic mass is 16.5. The van der Waals surface area contributed by atoms with E-state index in [-0.39, 0.29) is 0 Å². The van der Waals surface area contributed by atoms with Gasteiger partial charge in [0.05, 0.1) is 5.69 Å². The van der Waals surface area contributed by atoms with Gasteiger partial charge in [0.1, 0.15) is 5.69 Å². The molecule has 5 nitrogen and oxygen atoms in total. The molecule has 5 heteroatoms. The second-order valence-electron chi connectivity index (χ2n) is 5.40. The summed E-state index contributed by atoms with van der Waals surface area (Å²) in [5.74, 6) is 2.57. The monoisotopic (exact) mass is 246 g/mol. The first-order valence-corrected chi connectivity index (χ1v) is 6.50. The van der Waals surface area contributed by atoms with Gasteiger partial charge in [-0.3, -0.25) is 4.68 Å². The maximum absolute atomic E-state index is 5.33. The van der Waals surface area contributed by atoms with Crippen molar-refractivity contribution < 1.29 is 4.52 Å². The fourth-order valence-corrected chi connectivity index (χ4v) is 1.99. The Balaban J connectivity index is 1.86. The summed E-state index contributed by atoms with van der Waals surface area (Å²) < 4.78 is 7.14. The Morgan fingerprint density at radius 3 is 2.83 bits per heavy atom. The lowest BCUT2D eigenvalue weighted by atomic mass is 10.1. The molecular weight excluding hydrogens is 228 g/mol. The van der Waals surface area contributed by atoms with Gasteiger partial charge < -0.3 is 4.52 Å². The summed E-state index contributed by atoms with van der Waals surface area (Å²) in [5, 5.41) is 8.50. The second-order valence-corrected chi connectivity index (χ2v) is 5.40. The molecule has 0 bridgehead atoms. The molecule has 1 aliphatic carbocycles. The third kappa shape index (κ3) is 2.17. The third-order valence-electron chi connectivity index (χ3n) is 3.35. The average Bonchev–Trinajstić information content (AvgIpc) is 2.86. The molecule has 96 valence electrons. The molecule has 0 amide bonds. The Kier molecular flexibility index (Phi) is 2.69. The standard InChI is InChI=1S/C13H18N4O/c1-8(2)10-7-11(17(3)15-10)13-14-12(16-18-13)6-9-4-5-9/h7-9H,4-6H2,1-3H3. The summed E-state index contributed by atoms with van der Waals surface area (Å²) in [7, 11) is 1.91. The molecule has 0 radical (unpaired) electrons. The highest BCUT2D eigenvalue weighted by molar-refractivity contribution is 5.48. The van der Waals surface area contributed by atoms with Crippen molar-refractivity contribution in [2.24, 2.45) is 13.0 Å². The van der Waals surface area contributed by atoms with Gasteiger partial charge in [-0.05, 0) is 30.7 Å². The summed E-state index contributed by atoms with van der Waals surface area (Å²) in [5.41, 5.74) is 1.95. The van der Waals surface area contributed by atoms with E-state index < -0.39 is 0 Å². The lowest BCUT2D eigenvalue weighted by Gasteiger charge is -1.95. The van der Waals surface area contributed by atoms with E-state index in [2.05, 4.69) is 29.1 Å². The Labute approximate surface area is 106 Å². The van der Waals surface area contributed by atoms with Crippen LogP contribution in [-0.4, -0.2) is 19.9 Å². The van der Waals surface area contributed by atoms with E-state index in [1.54, 1.807) is 0 Å². The molecular formula is C13H18N4O. The summed E-state index contributed by atoms with van der Waals surface area (Å²) in [6.45, 7) is 4.25. The summed E-state index contributed by atoms with van der Waals surface area (Å²) in [4.78, 5) is 4.46. The number of aromatic nitrogens is 4. The van der Waals surface area contributed by atoms with Gasteiger partial charge in [-0.25, -0.2) is 0 Å². The number of hydrogen-bond acceptors (Lipinski definition) is 4. The highest BCUT2D eigenvalue weighted by Crippen LogP contribution is 2.32. The third-order valence-corrected chi connectivity index (χ3v) is 3.35. The Morgan fingerprint density at radius 1 is 1.44 bits per heavy atom. The van der Waals surface area contributed by atoms with Crippen LogP contribution < -0.4 is 0 Å². The normalized spacial score (nSPS) is 15.6. The molecule has 2 aromatic heterocycles. The van der Waals surface area contributed by atoms with E-state index in [4.69, 9.17) is 4.52 Å². The van der Waals surface area contributed by atoms with Crippen LogP contribution in [0.5, 0.6) is 0 Å². The van der Waals surface area contributed by atoms with E-state index in [9.17, 15) is 0 Å². The van der Waals surface area contributed by atoms with Crippen LogP contribution in [-0.2, 0) is 13.5 Å². The van der Waals surface area contributed by atoms with Crippen molar-refractivity contribution in [3.8, 4) is 11.6 Å². The Bertz CT molecular complexity index is 551. The van der Waals surface area contributed by atoms with Gasteiger partial charge in [-0.15, -0.1) is 0 Å². The molecule has 3 rings (SSSR count). The summed E-state index contributed by atoms with van der Waals surface area (Å²) >= 11 is 0. The largest absolute Gasteiger partial charge is 0.332 e. The van der Waals surface area contributed by atoms with Crippen molar-refractivity contribution in [2.45, 2.75) is 39.0 Å². The van der Waals surface area contributed by atoms with E-state index >= 15 is 0 Å². The lowest BCUT2D eigenvalue weighted by molar-refractivity contribution is 0.417. The molecule has 1 fully saturated rings. The smallest absolute Gasteiger partial charge is 0.276 e. The van der Waals surface area contributed by atoms with E-state index in [0.29, 0.717) is 11.8 Å². The Morgan fingerprint density at radius 2 is 2.22 bits per heavy atom. The summed E-state index contributed by atoms with van der Waals surface area (Å²) in [6, 6.07) is 2.03. The SMILES string of the molecule is CC(C)c1cc(-c2nc(CC3CC3)no2)n(C)n1. The average molecular weight is 246 g/mol. The number of nitrogens with zero attached hydrogens (tertiary/aromatic N) is 4. The van der Waals surface area contributed by atoms with Crippen LogP contribution in [0.25, 0.3) is 11.6 Å². The number of rotatable bonds is 4. The van der Waals surface area contributed by atoms with Crippen LogP contribution >= 0.6 is 0 Å². The molecule has 18 heavy (non-hydrogen) atoms. The van der Waals surface area contributed by atoms with Crippen molar-refractivity contribution in [2.75, 3.05) is 0 Å². The zero-order valence-corrected chi connectivity index (χ0v) is 11.1. The van der Waals surface area contributed by atoms with Crippen LogP contribution in [0.15, 0.2) is 10.6 Å². The van der Waals surface area contributed by atoms with Gasteiger partial charge in [0.25, 0.3) is 5.89 Å². The van der Waals surface area contributed by atoms with Gasteiger partial charge in [-0.1, -0.05) is 19.0 Å². The summed E-state index contributed by atoms with van der Waals surface area (Å²) in [6.07, 6.45) is 3.54. The topological polar surface area (TPSA) is 56.7 Å². The van der Waals surface area contributed by atoms with E-state index in [1.807, 2.05) is 17.8 Å². The molecule has 0 spiro atoms. The van der Waals surface area contributed by atoms with Crippen LogP contribution in [0.1, 0.15) is 44.1 Å². The zero-order valence-electron chi connectivity index (χ0n) is 11.1. The van der Waals surface area contributed by atoms with Gasteiger partial charge >= 0.3 is 0 Å². The van der Waals surface area contributed by atoms with E-state index in [0.717, 1.165) is 29.6 Å². The molecule has 0 atom stereocenters. The number of aryl methyl sites for hydroxylation is 1. The fraction of sp³-hybridized carbons (Fsp3) is 0.615. The van der Waals surface area contributed by atoms with Crippen molar-refractivity contribution in [3.05, 3.63) is 17.6 Å². The maximum Gasteiger partial charge on any atom is 0.276 e. The molecule has 0 aromatic carbocycles. The highest BCUT2D eigenvalue weighted by Gasteiger charge is 2.24. The molecule has 0 unspecified atom stereocenters. The van der Waals surface area contributed by atoms with Crippen LogP contribution in [0.4, 0.5) is 0 Å². The van der Waals surface area contributed by atoms with E-state index in [1.165, 1.54) is 12.8 Å². The molecule has 2 heterocycles. The minimum Gasteiger partial charge on any atom is -0.332 e. The van der Waals surface area contributed by atoms with Gasteiger partial charge in [-0.2, -0.15) is 10.1 Å². The van der Waals surface area contributed by atoms with Gasteiger partial charge in [0.15, 0.2) is 5.82 Å². The molecule has 0 aliphatic heterocycles. The quantitative estimate of drug-likeness (QED) is 0.831. The van der Waals surface area contributed by atoms with Gasteiger partial charge in [0.2, 0.25) is 0 Å². The number of hydrogen-bond donors (Lipinski definition) is 0. The Hall–Kier alpha value is -1.65. The van der Waals surface area contributed by atoms with Gasteiger partial charge in [0, 0.05) is 13.5 Å². The van der Waals surface area contributed by atoms with Crippen molar-refractivity contribution >= 4 is 0 Å². The second kappa shape index (κ2) is 4.23. The van der Waals surface area contributed by atoms with Crippen LogP contribution in [0.2, 0.25) is 0 Å². The fourth-order valence-electron chi connectivity index (χ4n) is 1.99. The minimum atomic E-state index is 0.402. The first-order valence-electron chi connectivity index (χ1n) is 6.50. The molecule has 1 aliphatic rings. The van der Waals surface area contributed by atoms with Crippen molar-refractivity contribution in [1.29, 1.82) is 0 Å².